The first kappa shape index (κ1) is 78.5. The average molecular weight is 1380 g/mol. The van der Waals surface area contributed by atoms with E-state index in [0.29, 0.717) is 11.3 Å². The van der Waals surface area contributed by atoms with Crippen molar-refractivity contribution in [3.63, 3.8) is 0 Å². The fraction of sp³-hybridized carbons (Fsp3) is 0.333. The van der Waals surface area contributed by atoms with Crippen molar-refractivity contribution in [3.05, 3.63) is 333 Å². The Morgan fingerprint density at radius 1 is 0.295 bits per heavy atom. The van der Waals surface area contributed by atoms with Gasteiger partial charge in [-0.05, 0) is 243 Å². The van der Waals surface area contributed by atoms with Crippen molar-refractivity contribution >= 4 is 75.4 Å². The molecule has 0 unspecified atom stereocenters. The Kier molecular flexibility index (Phi) is 27.1. The van der Waals surface area contributed by atoms with E-state index in [0.717, 1.165) is 24.2 Å². The van der Waals surface area contributed by atoms with Crippen molar-refractivity contribution in [2.45, 2.75) is 218 Å². The summed E-state index contributed by atoms with van der Waals surface area (Å²) in [6.45, 7) is 40.2. The van der Waals surface area contributed by atoms with Gasteiger partial charge in [-0.3, -0.25) is 0 Å². The van der Waals surface area contributed by atoms with Gasteiger partial charge in [0.1, 0.15) is 0 Å². The quantitative estimate of drug-likeness (QED) is 0.156. The van der Waals surface area contributed by atoms with E-state index >= 15 is 0 Å². The maximum absolute atomic E-state index is 2.42. The fourth-order valence-electron chi connectivity index (χ4n) is 16.5. The van der Waals surface area contributed by atoms with Gasteiger partial charge in [0, 0.05) is 0 Å². The van der Waals surface area contributed by atoms with Crippen LogP contribution in [-0.4, -0.2) is 0 Å². The van der Waals surface area contributed by atoms with Crippen molar-refractivity contribution in [3.8, 4) is 0 Å². The molecule has 2 saturated carbocycles. The summed E-state index contributed by atoms with van der Waals surface area (Å²) < 4.78 is 0. The summed E-state index contributed by atoms with van der Waals surface area (Å²) in [5.41, 5.74) is 20.5. The van der Waals surface area contributed by atoms with Crippen molar-refractivity contribution in [2.24, 2.45) is 11.3 Å². The minimum Gasteiger partial charge on any atom is -0.0625 e. The van der Waals surface area contributed by atoms with Crippen LogP contribution in [0.4, 0.5) is 0 Å². The third-order valence-electron chi connectivity index (χ3n) is 21.1. The lowest BCUT2D eigenvalue weighted by Gasteiger charge is -2.24. The molecule has 0 aromatic heterocycles. The van der Waals surface area contributed by atoms with Crippen LogP contribution in [0.25, 0.3) is 75.4 Å². The Morgan fingerprint density at radius 2 is 0.600 bits per heavy atom. The number of hydrogen-bond donors (Lipinski definition) is 0. The molecule has 0 heterocycles. The lowest BCUT2D eigenvalue weighted by Crippen LogP contribution is -2.11. The van der Waals surface area contributed by atoms with Gasteiger partial charge in [-0.25, -0.2) is 0 Å². The summed E-state index contributed by atoms with van der Waals surface area (Å²) >= 11 is 0. The largest absolute Gasteiger partial charge is 0.0625 e. The van der Waals surface area contributed by atoms with Crippen LogP contribution in [0.15, 0.2) is 255 Å². The molecule has 542 valence electrons. The van der Waals surface area contributed by atoms with Crippen molar-refractivity contribution in [1.29, 1.82) is 0 Å². The van der Waals surface area contributed by atoms with Crippen LogP contribution in [0.3, 0.4) is 0 Å². The summed E-state index contributed by atoms with van der Waals surface area (Å²) in [7, 11) is 0. The summed E-state index contributed by atoms with van der Waals surface area (Å²) in [5, 5.41) is 19.5. The van der Waals surface area contributed by atoms with Crippen molar-refractivity contribution in [1.82, 2.24) is 0 Å². The van der Waals surface area contributed by atoms with E-state index < -0.39 is 0 Å². The van der Waals surface area contributed by atoms with E-state index in [1.54, 1.807) is 11.1 Å². The van der Waals surface area contributed by atoms with Gasteiger partial charge in [-0.2, -0.15) is 0 Å². The molecule has 0 N–H and O–H groups in total. The third kappa shape index (κ3) is 21.8. The van der Waals surface area contributed by atoms with Crippen LogP contribution in [0.5, 0.6) is 0 Å². The van der Waals surface area contributed by atoms with Crippen molar-refractivity contribution < 1.29 is 0 Å². The molecular formula is C105H122. The summed E-state index contributed by atoms with van der Waals surface area (Å²) in [4.78, 5) is 0. The zero-order valence-corrected chi connectivity index (χ0v) is 67.3. The molecule has 0 atom stereocenters. The van der Waals surface area contributed by atoms with E-state index in [2.05, 4.69) is 379 Å². The average Bonchev–Trinajstić information content (AvgIpc) is 1.52. The van der Waals surface area contributed by atoms with Gasteiger partial charge in [0.15, 0.2) is 0 Å². The highest BCUT2D eigenvalue weighted by atomic mass is 14.3. The van der Waals surface area contributed by atoms with Gasteiger partial charge in [-0.15, -0.1) is 0 Å². The number of rotatable bonds is 6. The molecule has 14 aromatic carbocycles. The zero-order valence-electron chi connectivity index (χ0n) is 67.3. The van der Waals surface area contributed by atoms with E-state index in [1.165, 1.54) is 206 Å². The molecule has 0 amide bonds. The lowest BCUT2D eigenvalue weighted by molar-refractivity contribution is 0.412. The molecule has 2 aliphatic carbocycles. The molecule has 0 bridgehead atoms. The van der Waals surface area contributed by atoms with Crippen LogP contribution >= 0.6 is 0 Å². The lowest BCUT2D eigenvalue weighted by atomic mass is 9.81. The highest BCUT2D eigenvalue weighted by molar-refractivity contribution is 5.91. The van der Waals surface area contributed by atoms with Gasteiger partial charge in [0.05, 0.1) is 0 Å². The summed E-state index contributed by atoms with van der Waals surface area (Å²) in [6, 6.07) is 92.9. The normalized spacial score (nSPS) is 13.3. The Morgan fingerprint density at radius 3 is 1.02 bits per heavy atom. The van der Waals surface area contributed by atoms with Gasteiger partial charge >= 0.3 is 0 Å². The molecule has 0 spiro atoms. The van der Waals surface area contributed by atoms with Crippen LogP contribution in [-0.2, 0) is 18.3 Å². The molecular weight excluding hydrogens is 1260 g/mol. The van der Waals surface area contributed by atoms with Gasteiger partial charge in [0.2, 0.25) is 0 Å². The Labute approximate surface area is 633 Å². The molecule has 2 fully saturated rings. The third-order valence-corrected chi connectivity index (χ3v) is 21.1. The first-order valence-electron chi connectivity index (χ1n) is 39.7. The molecule has 16 rings (SSSR count). The van der Waals surface area contributed by atoms with E-state index in [4.69, 9.17) is 0 Å². The highest BCUT2D eigenvalue weighted by Crippen LogP contribution is 2.40. The standard InChI is InChI=1S/C17H20.C16H18.C16H20.2C15H18.C14H16.C12H12/c1-13-11-15-9-5-6-10-16(15)17(12-13)14-7-3-2-4-8-14;1-12-10-14-8-4-5-9-15(14)16(11-12)13-6-2-3-7-13;1-12-9-13-7-5-6-8-15(13)14(10-12)11-16(2,3)4;1-11-9-12-7-5-6-8-13(12)14(10-11)15(2,3)4;1-11(2)8-14-10-12(3)9-13-6-4-5-7-15(13)14;1-10(2)14-9-11(3)8-12-6-4-5-7-13(12)14;1-9-7-10(2)12-6-4-3-5-11(12)8-9/h5-6,9-12,14H,2-4,7-8H2,1H3;4-5,8-11,13H,2-3,6-7H2,1H3;5-10H,11H2,1-4H3;5-10H,1-4H3;4-7,9-11H,8H2,1-3H3;4-10H,1-3H3;3-8H,1-2H3. The Hall–Kier alpha value is -9.10. The second kappa shape index (κ2) is 36.3. The maximum Gasteiger partial charge on any atom is -0.0126 e. The topological polar surface area (TPSA) is 0 Å². The smallest absolute Gasteiger partial charge is 0.0126 e. The van der Waals surface area contributed by atoms with E-state index in [1.807, 2.05) is 0 Å². The highest BCUT2D eigenvalue weighted by Gasteiger charge is 2.21. The zero-order chi connectivity index (χ0) is 75.0. The number of benzene rings is 14. The van der Waals surface area contributed by atoms with Crippen LogP contribution in [0.2, 0.25) is 0 Å². The van der Waals surface area contributed by atoms with E-state index in [9.17, 15) is 0 Å². The fourth-order valence-corrected chi connectivity index (χ4v) is 16.5. The number of aryl methyl sites for hydroxylation is 8. The monoisotopic (exact) mass is 1380 g/mol. The molecule has 0 saturated heterocycles. The molecule has 0 heteroatoms. The molecule has 0 radical (unpaired) electrons. The second-order valence-corrected chi connectivity index (χ2v) is 33.9. The van der Waals surface area contributed by atoms with Crippen LogP contribution in [0.1, 0.15) is 223 Å². The summed E-state index contributed by atoms with van der Waals surface area (Å²) in [5.74, 6) is 2.92. The molecule has 105 heavy (non-hydrogen) atoms. The minimum absolute atomic E-state index is 0.214. The van der Waals surface area contributed by atoms with Crippen molar-refractivity contribution in [2.75, 3.05) is 0 Å². The molecule has 14 aromatic rings. The van der Waals surface area contributed by atoms with E-state index in [-0.39, 0.29) is 5.41 Å². The maximum atomic E-state index is 2.42. The SMILES string of the molecule is Cc1cc(C(C)(C)C)c2ccccc2c1.Cc1cc(C(C)C)c2ccccc2c1.Cc1cc(C)c2ccccc2c1.Cc1cc(C2CCCC2)c2ccccc2c1.Cc1cc(C2CCCCC2)c2ccccc2c1.Cc1cc(CC(C)(C)C)c2ccccc2c1.Cc1cc(CC(C)C)c2ccccc2c1. The first-order chi connectivity index (χ1) is 50.2. The second-order valence-electron chi connectivity index (χ2n) is 33.9. The molecule has 0 nitrogen and oxygen atoms in total. The molecule has 0 aliphatic heterocycles. The number of fused-ring (bicyclic) bond motifs is 7. The Balaban J connectivity index is 0.000000132. The van der Waals surface area contributed by atoms with Crippen LogP contribution in [0, 0.1) is 66.7 Å². The molecule has 2 aliphatic rings. The Bertz CT molecular complexity index is 5170. The van der Waals surface area contributed by atoms with Gasteiger partial charge in [-0.1, -0.05) is 395 Å². The van der Waals surface area contributed by atoms with Crippen LogP contribution < -0.4 is 0 Å². The summed E-state index contributed by atoms with van der Waals surface area (Å²) in [6.07, 6.45) is 14.9. The number of hydrogen-bond acceptors (Lipinski definition) is 0. The predicted molar refractivity (Wildman–Crippen MR) is 467 cm³/mol. The van der Waals surface area contributed by atoms with Gasteiger partial charge in [0.25, 0.3) is 0 Å². The first-order valence-corrected chi connectivity index (χ1v) is 39.7. The van der Waals surface area contributed by atoms with Gasteiger partial charge < -0.3 is 0 Å². The predicted octanol–water partition coefficient (Wildman–Crippen LogP) is 31.3. The minimum atomic E-state index is 0.214.